The predicted molar refractivity (Wildman–Crippen MR) is 264 cm³/mol. The molecule has 0 spiro atoms. The first-order chi connectivity index (χ1) is 31.7. The molecule has 4 aromatic heterocycles. The third kappa shape index (κ3) is 5.75. The molecule has 0 radical (unpaired) electrons. The van der Waals surface area contributed by atoms with E-state index >= 15 is 0 Å². The van der Waals surface area contributed by atoms with Gasteiger partial charge in [0.1, 0.15) is 11.2 Å². The molecule has 13 rings (SSSR count). The first-order valence-electron chi connectivity index (χ1n) is 21.6. The van der Waals surface area contributed by atoms with E-state index in [0.717, 1.165) is 99.8 Å². The molecule has 0 atom stereocenters. The molecule has 13 aromatic rings. The molecule has 0 fully saturated rings. The summed E-state index contributed by atoms with van der Waals surface area (Å²) >= 11 is 0. The van der Waals surface area contributed by atoms with E-state index in [0.29, 0.717) is 5.82 Å². The minimum Gasteiger partial charge on any atom is -0.456 e. The predicted octanol–water partition coefficient (Wildman–Crippen LogP) is 15.5. The second-order valence-corrected chi connectivity index (χ2v) is 16.3. The molecule has 4 heterocycles. The highest BCUT2D eigenvalue weighted by Crippen LogP contribution is 2.47. The van der Waals surface area contributed by atoms with E-state index < -0.39 is 0 Å². The molecule has 0 saturated carbocycles. The van der Waals surface area contributed by atoms with Crippen LogP contribution in [0, 0.1) is 0 Å². The van der Waals surface area contributed by atoms with Crippen LogP contribution in [-0.2, 0) is 0 Å². The van der Waals surface area contributed by atoms with Crippen molar-refractivity contribution in [2.24, 2.45) is 0 Å². The van der Waals surface area contributed by atoms with Gasteiger partial charge >= 0.3 is 0 Å². The van der Waals surface area contributed by atoms with Gasteiger partial charge in [-0.3, -0.25) is 0 Å². The van der Waals surface area contributed by atoms with E-state index in [1.807, 2.05) is 18.2 Å². The van der Waals surface area contributed by atoms with Crippen molar-refractivity contribution in [3.8, 4) is 62.0 Å². The fraction of sp³-hybridized carbons (Fsp3) is 0. The summed E-state index contributed by atoms with van der Waals surface area (Å²) in [6.45, 7) is 0. The largest absolute Gasteiger partial charge is 0.456 e. The lowest BCUT2D eigenvalue weighted by Crippen LogP contribution is -1.97. The van der Waals surface area contributed by atoms with E-state index in [-0.39, 0.29) is 0 Å². The maximum absolute atomic E-state index is 6.69. The lowest BCUT2D eigenvalue weighted by Gasteiger charge is -2.16. The summed E-state index contributed by atoms with van der Waals surface area (Å²) in [5, 5.41) is 7.86. The summed E-state index contributed by atoms with van der Waals surface area (Å²) in [6.07, 6.45) is 0. The Morgan fingerprint density at radius 3 is 1.62 bits per heavy atom. The minimum atomic E-state index is 0.648. The number of hydrogen-bond acceptors (Lipinski definition) is 4. The fourth-order valence-corrected chi connectivity index (χ4v) is 9.70. The molecule has 0 aliphatic rings. The van der Waals surface area contributed by atoms with Gasteiger partial charge < -0.3 is 8.98 Å². The van der Waals surface area contributed by atoms with Gasteiger partial charge in [0.2, 0.25) is 0 Å². The van der Waals surface area contributed by atoms with Crippen LogP contribution in [-0.4, -0.2) is 19.5 Å². The van der Waals surface area contributed by atoms with E-state index in [1.165, 1.54) is 21.8 Å². The third-order valence-corrected chi connectivity index (χ3v) is 12.6. The van der Waals surface area contributed by atoms with Gasteiger partial charge in [0.05, 0.1) is 33.6 Å². The van der Waals surface area contributed by atoms with Crippen LogP contribution in [0.3, 0.4) is 0 Å². The highest BCUT2D eigenvalue weighted by Gasteiger charge is 2.22. The van der Waals surface area contributed by atoms with E-state index in [4.69, 9.17) is 19.4 Å². The zero-order valence-corrected chi connectivity index (χ0v) is 34.5. The lowest BCUT2D eigenvalue weighted by atomic mass is 9.89. The standard InChI is InChI=1S/C59H36N4O/c1-3-16-37(17-4-1)49-36-50(38-30-32-42(33-31-38)63-51-27-12-8-22-43(51)44-23-9-13-28-52(44)63)62-59(61-49)41-21-15-20-40(34-41)55-56-45-24-7-11-26-48(45)60-58(39-18-5-2-6-19-39)47(56)35-54-57(55)46-25-10-14-29-53(46)64-54/h1-36H. The van der Waals surface area contributed by atoms with Crippen LogP contribution in [0.1, 0.15) is 0 Å². The Kier molecular flexibility index (Phi) is 8.15. The first kappa shape index (κ1) is 36.0. The summed E-state index contributed by atoms with van der Waals surface area (Å²) in [6, 6.07) is 76.6. The second-order valence-electron chi connectivity index (χ2n) is 16.3. The number of hydrogen-bond donors (Lipinski definition) is 0. The van der Waals surface area contributed by atoms with Crippen molar-refractivity contribution in [3.05, 3.63) is 218 Å². The Balaban J connectivity index is 1.02. The number of aromatic nitrogens is 4. The summed E-state index contributed by atoms with van der Waals surface area (Å²) in [4.78, 5) is 15.9. The zero-order chi connectivity index (χ0) is 42.1. The van der Waals surface area contributed by atoms with E-state index in [1.54, 1.807) is 0 Å². The molecule has 0 amide bonds. The van der Waals surface area contributed by atoms with Gasteiger partial charge in [-0.05, 0) is 60.2 Å². The lowest BCUT2D eigenvalue weighted by molar-refractivity contribution is 0.669. The zero-order valence-electron chi connectivity index (χ0n) is 34.5. The van der Waals surface area contributed by atoms with Gasteiger partial charge in [-0.15, -0.1) is 0 Å². The maximum Gasteiger partial charge on any atom is 0.160 e. The van der Waals surface area contributed by atoms with Crippen LogP contribution in [0.2, 0.25) is 0 Å². The molecule has 298 valence electrons. The number of furan rings is 1. The van der Waals surface area contributed by atoms with Crippen molar-refractivity contribution in [2.45, 2.75) is 0 Å². The number of benzene rings is 9. The van der Waals surface area contributed by atoms with Crippen LogP contribution in [0.25, 0.3) is 127 Å². The fourth-order valence-electron chi connectivity index (χ4n) is 9.70. The number of fused-ring (bicyclic) bond motifs is 9. The summed E-state index contributed by atoms with van der Waals surface area (Å²) in [7, 11) is 0. The van der Waals surface area contributed by atoms with Gasteiger partial charge in [-0.25, -0.2) is 15.0 Å². The SMILES string of the molecule is c1ccc(-c2cc(-c3ccc(-n4c5ccccc5c5ccccc54)cc3)nc(-c3cccc(-c4c5c(cc6c(-c7ccccc7)nc7ccccc7c46)oc4ccccc45)c3)n2)cc1. The van der Waals surface area contributed by atoms with Gasteiger partial charge in [0.15, 0.2) is 5.82 Å². The third-order valence-electron chi connectivity index (χ3n) is 12.6. The molecule has 0 N–H and O–H groups in total. The Morgan fingerprint density at radius 1 is 0.344 bits per heavy atom. The van der Waals surface area contributed by atoms with Crippen LogP contribution < -0.4 is 0 Å². The van der Waals surface area contributed by atoms with Gasteiger partial charge in [0.25, 0.3) is 0 Å². The Labute approximate surface area is 368 Å². The van der Waals surface area contributed by atoms with Crippen LogP contribution in [0.5, 0.6) is 0 Å². The van der Waals surface area contributed by atoms with Crippen molar-refractivity contribution >= 4 is 65.4 Å². The molecule has 0 saturated heterocycles. The van der Waals surface area contributed by atoms with Crippen molar-refractivity contribution < 1.29 is 4.42 Å². The Hall–Kier alpha value is -8.67. The molecule has 64 heavy (non-hydrogen) atoms. The van der Waals surface area contributed by atoms with Crippen LogP contribution >= 0.6 is 0 Å². The van der Waals surface area contributed by atoms with Gasteiger partial charge in [-0.1, -0.05) is 164 Å². The minimum absolute atomic E-state index is 0.648. The molecular formula is C59H36N4O. The smallest absolute Gasteiger partial charge is 0.160 e. The van der Waals surface area contributed by atoms with Gasteiger partial charge in [-0.2, -0.15) is 0 Å². The monoisotopic (exact) mass is 816 g/mol. The van der Waals surface area contributed by atoms with Crippen molar-refractivity contribution in [3.63, 3.8) is 0 Å². The number of nitrogens with zero attached hydrogens (tertiary/aromatic N) is 4. The normalized spacial score (nSPS) is 11.8. The molecule has 5 nitrogen and oxygen atoms in total. The second kappa shape index (κ2) is 14.5. The number of rotatable bonds is 6. The summed E-state index contributed by atoms with van der Waals surface area (Å²) in [5.74, 6) is 0.648. The van der Waals surface area contributed by atoms with E-state index in [9.17, 15) is 0 Å². The Bertz CT molecular complexity index is 3890. The molecule has 5 heteroatoms. The number of pyridine rings is 1. The highest BCUT2D eigenvalue weighted by atomic mass is 16.3. The maximum atomic E-state index is 6.69. The first-order valence-corrected chi connectivity index (χ1v) is 21.6. The van der Waals surface area contributed by atoms with Crippen molar-refractivity contribution in [1.82, 2.24) is 19.5 Å². The van der Waals surface area contributed by atoms with Crippen molar-refractivity contribution in [1.29, 1.82) is 0 Å². The highest BCUT2D eigenvalue weighted by molar-refractivity contribution is 6.28. The molecular weight excluding hydrogens is 781 g/mol. The van der Waals surface area contributed by atoms with Crippen molar-refractivity contribution in [2.75, 3.05) is 0 Å². The molecule has 0 aliphatic heterocycles. The topological polar surface area (TPSA) is 56.7 Å². The summed E-state index contributed by atoms with van der Waals surface area (Å²) in [5.41, 5.74) is 14.8. The van der Waals surface area contributed by atoms with Crippen LogP contribution in [0.4, 0.5) is 0 Å². The molecule has 0 unspecified atom stereocenters. The average molecular weight is 817 g/mol. The van der Waals surface area contributed by atoms with Gasteiger partial charge in [0, 0.05) is 71.2 Å². The van der Waals surface area contributed by atoms with E-state index in [2.05, 4.69) is 205 Å². The molecule has 0 bridgehead atoms. The quantitative estimate of drug-likeness (QED) is 0.157. The summed E-state index contributed by atoms with van der Waals surface area (Å²) < 4.78 is 9.03. The average Bonchev–Trinajstić information content (AvgIpc) is 3.91. The number of para-hydroxylation sites is 4. The molecule has 0 aliphatic carbocycles. The Morgan fingerprint density at radius 2 is 0.906 bits per heavy atom. The van der Waals surface area contributed by atoms with Crippen LogP contribution in [0.15, 0.2) is 223 Å². The molecule has 9 aromatic carbocycles.